The van der Waals surface area contributed by atoms with Crippen molar-refractivity contribution in [2.75, 3.05) is 14.1 Å². The van der Waals surface area contributed by atoms with Gasteiger partial charge in [-0.2, -0.15) is 0 Å². The third kappa shape index (κ3) is 1.80. The van der Waals surface area contributed by atoms with Crippen molar-refractivity contribution < 1.29 is 9.90 Å². The number of hydrogen-bond acceptors (Lipinski definition) is 2. The third-order valence-corrected chi connectivity index (χ3v) is 1.94. The highest BCUT2D eigenvalue weighted by Gasteiger charge is 2.12. The van der Waals surface area contributed by atoms with Gasteiger partial charge in [0.05, 0.1) is 0 Å². The Kier molecular flexibility index (Phi) is 2.56. The quantitative estimate of drug-likeness (QED) is 0.708. The number of carbonyl (C=O) groups excluding carboxylic acids is 1. The van der Waals surface area contributed by atoms with Crippen LogP contribution in [0.25, 0.3) is 0 Å². The van der Waals surface area contributed by atoms with Gasteiger partial charge < -0.3 is 10.0 Å². The van der Waals surface area contributed by atoms with Crippen molar-refractivity contribution in [3.8, 4) is 5.75 Å². The lowest BCUT2D eigenvalue weighted by atomic mass is 10.1. The highest BCUT2D eigenvalue weighted by molar-refractivity contribution is 5.95. The topological polar surface area (TPSA) is 40.5 Å². The summed E-state index contributed by atoms with van der Waals surface area (Å²) >= 11 is 0. The number of amides is 1. The lowest BCUT2D eigenvalue weighted by Gasteiger charge is -2.12. The summed E-state index contributed by atoms with van der Waals surface area (Å²) < 4.78 is 0. The molecule has 13 heavy (non-hydrogen) atoms. The largest absolute Gasteiger partial charge is 0.508 e. The fourth-order valence-corrected chi connectivity index (χ4v) is 1.10. The minimum atomic E-state index is -0.0894. The first kappa shape index (κ1) is 9.58. The Morgan fingerprint density at radius 3 is 2.54 bits per heavy atom. The standard InChI is InChI=1S/C10H13NO2/c1-7-8(10(13)11(2)3)5-4-6-9(7)12/h4-6,12H,1-3H3. The van der Waals surface area contributed by atoms with Crippen LogP contribution in [-0.4, -0.2) is 30.0 Å². The Morgan fingerprint density at radius 2 is 2.00 bits per heavy atom. The first-order valence-electron chi connectivity index (χ1n) is 4.04. The van der Waals surface area contributed by atoms with Gasteiger partial charge in [0.1, 0.15) is 5.75 Å². The van der Waals surface area contributed by atoms with Crippen molar-refractivity contribution in [2.24, 2.45) is 0 Å². The van der Waals surface area contributed by atoms with Crippen molar-refractivity contribution in [1.29, 1.82) is 0 Å². The smallest absolute Gasteiger partial charge is 0.253 e. The average molecular weight is 179 g/mol. The van der Waals surface area contributed by atoms with Crippen molar-refractivity contribution in [1.82, 2.24) is 4.90 Å². The molecule has 0 aliphatic rings. The number of carbonyl (C=O) groups is 1. The molecule has 0 fully saturated rings. The van der Waals surface area contributed by atoms with Crippen LogP contribution in [-0.2, 0) is 0 Å². The zero-order valence-electron chi connectivity index (χ0n) is 8.03. The van der Waals surface area contributed by atoms with Gasteiger partial charge in [0.2, 0.25) is 0 Å². The van der Waals surface area contributed by atoms with Gasteiger partial charge in [-0.05, 0) is 19.1 Å². The summed E-state index contributed by atoms with van der Waals surface area (Å²) in [5.74, 6) is 0.0705. The van der Waals surface area contributed by atoms with E-state index in [0.717, 1.165) is 0 Å². The van der Waals surface area contributed by atoms with Gasteiger partial charge in [0, 0.05) is 25.2 Å². The summed E-state index contributed by atoms with van der Waals surface area (Å²) in [6, 6.07) is 4.94. The number of benzene rings is 1. The van der Waals surface area contributed by atoms with Crippen LogP contribution in [0, 0.1) is 6.92 Å². The molecule has 3 heteroatoms. The molecule has 1 rings (SSSR count). The van der Waals surface area contributed by atoms with Crippen molar-refractivity contribution in [2.45, 2.75) is 6.92 Å². The Hall–Kier alpha value is -1.51. The van der Waals surface area contributed by atoms with Crippen molar-refractivity contribution >= 4 is 5.91 Å². The average Bonchev–Trinajstić information content (AvgIpc) is 2.08. The summed E-state index contributed by atoms with van der Waals surface area (Å²) in [6.07, 6.45) is 0. The van der Waals surface area contributed by atoms with E-state index in [9.17, 15) is 9.90 Å². The van der Waals surface area contributed by atoms with Gasteiger partial charge in [0.15, 0.2) is 0 Å². The fraction of sp³-hybridized carbons (Fsp3) is 0.300. The molecule has 0 atom stereocenters. The predicted molar refractivity (Wildman–Crippen MR) is 50.9 cm³/mol. The number of phenolic OH excluding ortho intramolecular Hbond substituents is 1. The van der Waals surface area contributed by atoms with Gasteiger partial charge in [-0.15, -0.1) is 0 Å². The molecular weight excluding hydrogens is 166 g/mol. The second-order valence-corrected chi connectivity index (χ2v) is 3.15. The van der Waals surface area contributed by atoms with Crippen LogP contribution in [0.1, 0.15) is 15.9 Å². The van der Waals surface area contributed by atoms with Crippen LogP contribution in [0.2, 0.25) is 0 Å². The minimum Gasteiger partial charge on any atom is -0.508 e. The molecule has 1 N–H and O–H groups in total. The van der Waals surface area contributed by atoms with E-state index in [1.165, 1.54) is 4.90 Å². The summed E-state index contributed by atoms with van der Waals surface area (Å²) in [7, 11) is 3.37. The maximum Gasteiger partial charge on any atom is 0.253 e. The molecule has 0 aliphatic carbocycles. The molecule has 0 bridgehead atoms. The maximum absolute atomic E-state index is 11.5. The van der Waals surface area contributed by atoms with Crippen LogP contribution in [0.15, 0.2) is 18.2 Å². The van der Waals surface area contributed by atoms with E-state index in [1.54, 1.807) is 39.2 Å². The third-order valence-electron chi connectivity index (χ3n) is 1.94. The normalized spacial score (nSPS) is 9.77. The van der Waals surface area contributed by atoms with E-state index in [0.29, 0.717) is 11.1 Å². The number of hydrogen-bond donors (Lipinski definition) is 1. The molecule has 0 aromatic heterocycles. The van der Waals surface area contributed by atoms with Gasteiger partial charge >= 0.3 is 0 Å². The molecule has 1 aromatic rings. The molecule has 0 radical (unpaired) electrons. The van der Waals surface area contributed by atoms with Crippen LogP contribution in [0.3, 0.4) is 0 Å². The lowest BCUT2D eigenvalue weighted by molar-refractivity contribution is 0.0826. The Balaban J connectivity index is 3.15. The highest BCUT2D eigenvalue weighted by atomic mass is 16.3. The predicted octanol–water partition coefficient (Wildman–Crippen LogP) is 1.40. The van der Waals surface area contributed by atoms with Crippen LogP contribution in [0.4, 0.5) is 0 Å². The Morgan fingerprint density at radius 1 is 1.38 bits per heavy atom. The number of phenols is 1. The Bertz CT molecular complexity index is 332. The molecule has 1 amide bonds. The molecule has 0 aliphatic heterocycles. The second-order valence-electron chi connectivity index (χ2n) is 3.15. The number of rotatable bonds is 1. The molecular formula is C10H13NO2. The number of aromatic hydroxyl groups is 1. The first-order chi connectivity index (χ1) is 6.04. The second kappa shape index (κ2) is 3.47. The van der Waals surface area contributed by atoms with Gasteiger partial charge in [-0.1, -0.05) is 6.07 Å². The first-order valence-corrected chi connectivity index (χ1v) is 4.04. The van der Waals surface area contributed by atoms with E-state index in [1.807, 2.05) is 0 Å². The Labute approximate surface area is 77.6 Å². The zero-order chi connectivity index (χ0) is 10.0. The molecule has 0 saturated heterocycles. The van der Waals surface area contributed by atoms with E-state index in [-0.39, 0.29) is 11.7 Å². The summed E-state index contributed by atoms with van der Waals surface area (Å²) in [6.45, 7) is 1.73. The van der Waals surface area contributed by atoms with Crippen molar-refractivity contribution in [3.63, 3.8) is 0 Å². The SMILES string of the molecule is Cc1c(O)cccc1C(=O)N(C)C. The summed E-state index contributed by atoms with van der Waals surface area (Å²) in [5, 5.41) is 9.36. The van der Waals surface area contributed by atoms with E-state index in [2.05, 4.69) is 0 Å². The van der Waals surface area contributed by atoms with Crippen LogP contribution in [0.5, 0.6) is 5.75 Å². The lowest BCUT2D eigenvalue weighted by Crippen LogP contribution is -2.22. The van der Waals surface area contributed by atoms with E-state index in [4.69, 9.17) is 0 Å². The summed E-state index contributed by atoms with van der Waals surface area (Å²) in [5.41, 5.74) is 1.17. The van der Waals surface area contributed by atoms with Gasteiger partial charge in [0.25, 0.3) is 5.91 Å². The van der Waals surface area contributed by atoms with Crippen LogP contribution >= 0.6 is 0 Å². The molecule has 0 spiro atoms. The molecule has 0 unspecified atom stereocenters. The molecule has 0 saturated carbocycles. The molecule has 70 valence electrons. The van der Waals surface area contributed by atoms with Gasteiger partial charge in [-0.25, -0.2) is 0 Å². The van der Waals surface area contributed by atoms with E-state index < -0.39 is 0 Å². The fourth-order valence-electron chi connectivity index (χ4n) is 1.10. The monoisotopic (exact) mass is 179 g/mol. The minimum absolute atomic E-state index is 0.0894. The highest BCUT2D eigenvalue weighted by Crippen LogP contribution is 2.20. The number of nitrogens with zero attached hydrogens (tertiary/aromatic N) is 1. The van der Waals surface area contributed by atoms with E-state index >= 15 is 0 Å². The van der Waals surface area contributed by atoms with Gasteiger partial charge in [-0.3, -0.25) is 4.79 Å². The molecule has 0 heterocycles. The molecule has 3 nitrogen and oxygen atoms in total. The summed E-state index contributed by atoms with van der Waals surface area (Å²) in [4.78, 5) is 13.0. The van der Waals surface area contributed by atoms with Crippen LogP contribution < -0.4 is 0 Å². The van der Waals surface area contributed by atoms with Crippen molar-refractivity contribution in [3.05, 3.63) is 29.3 Å². The maximum atomic E-state index is 11.5. The molecule has 1 aromatic carbocycles. The zero-order valence-corrected chi connectivity index (χ0v) is 8.03.